The summed E-state index contributed by atoms with van der Waals surface area (Å²) < 4.78 is 39.7. The van der Waals surface area contributed by atoms with Crippen LogP contribution in [-0.2, 0) is 17.5 Å². The molecule has 0 aliphatic carbocycles. The molecule has 0 bridgehead atoms. The minimum Gasteiger partial charge on any atom is -0.344 e. The number of nitrogens with one attached hydrogen (secondary N) is 1. The summed E-state index contributed by atoms with van der Waals surface area (Å²) in [6.07, 6.45) is -1.28. The second-order valence-corrected chi connectivity index (χ2v) is 4.33. The third-order valence-electron chi connectivity index (χ3n) is 2.69. The minimum absolute atomic E-state index is 0.0354. The van der Waals surface area contributed by atoms with E-state index in [-0.39, 0.29) is 24.6 Å². The Hall–Kier alpha value is -2.75. The largest absolute Gasteiger partial charge is 0.417 e. The summed E-state index contributed by atoms with van der Waals surface area (Å²) in [6, 6.07) is 6.73. The number of nitrogens with zero attached hydrogens (tertiary/aromatic N) is 2. The maximum absolute atomic E-state index is 12.8. The molecular weight excluding hydrogens is 295 g/mol. The summed E-state index contributed by atoms with van der Waals surface area (Å²) in [7, 11) is 0. The molecule has 1 aromatic carbocycles. The highest BCUT2D eigenvalue weighted by Gasteiger charge is 2.32. The van der Waals surface area contributed by atoms with Gasteiger partial charge < -0.3 is 5.32 Å². The molecular formula is C15H12F3N3O. The van der Waals surface area contributed by atoms with E-state index in [2.05, 4.69) is 22.3 Å². The van der Waals surface area contributed by atoms with Gasteiger partial charge >= 0.3 is 6.18 Å². The van der Waals surface area contributed by atoms with Gasteiger partial charge in [-0.1, -0.05) is 24.0 Å². The molecule has 0 atom stereocenters. The van der Waals surface area contributed by atoms with Gasteiger partial charge in [0.2, 0.25) is 5.91 Å². The first-order valence-electron chi connectivity index (χ1n) is 6.36. The van der Waals surface area contributed by atoms with Crippen LogP contribution in [0.3, 0.4) is 0 Å². The second-order valence-electron chi connectivity index (χ2n) is 4.33. The highest BCUT2D eigenvalue weighted by atomic mass is 19.4. The van der Waals surface area contributed by atoms with Crippen LogP contribution in [0.15, 0.2) is 42.7 Å². The van der Waals surface area contributed by atoms with Gasteiger partial charge in [0.25, 0.3) is 0 Å². The van der Waals surface area contributed by atoms with Crippen LogP contribution in [0.4, 0.5) is 13.2 Å². The Bertz CT molecular complexity index is 697. The van der Waals surface area contributed by atoms with Gasteiger partial charge in [0, 0.05) is 18.0 Å². The lowest BCUT2D eigenvalue weighted by atomic mass is 10.1. The quantitative estimate of drug-likeness (QED) is 0.883. The van der Waals surface area contributed by atoms with Crippen molar-refractivity contribution in [3.8, 4) is 11.8 Å². The number of hydrogen-bond donors (Lipinski definition) is 1. The molecule has 0 saturated carbocycles. The molecule has 1 aromatic heterocycles. The van der Waals surface area contributed by atoms with Crippen molar-refractivity contribution in [3.63, 3.8) is 0 Å². The Morgan fingerprint density at radius 3 is 2.73 bits per heavy atom. The summed E-state index contributed by atoms with van der Waals surface area (Å²) in [5.41, 5.74) is -0.901. The molecule has 22 heavy (non-hydrogen) atoms. The van der Waals surface area contributed by atoms with Crippen molar-refractivity contribution >= 4 is 5.91 Å². The van der Waals surface area contributed by atoms with Crippen LogP contribution in [-0.4, -0.2) is 22.2 Å². The summed E-state index contributed by atoms with van der Waals surface area (Å²) in [5, 5.41) is 6.36. The first-order valence-corrected chi connectivity index (χ1v) is 6.36. The molecule has 114 valence electrons. The van der Waals surface area contributed by atoms with Gasteiger partial charge in [-0.2, -0.15) is 18.3 Å². The Balaban J connectivity index is 1.93. The van der Waals surface area contributed by atoms with Gasteiger partial charge in [-0.15, -0.1) is 0 Å². The van der Waals surface area contributed by atoms with Gasteiger partial charge in [0.05, 0.1) is 12.1 Å². The zero-order chi connectivity index (χ0) is 16.0. The molecule has 2 aromatic rings. The van der Waals surface area contributed by atoms with Crippen molar-refractivity contribution in [1.82, 2.24) is 15.1 Å². The van der Waals surface area contributed by atoms with Gasteiger partial charge in [-0.05, 0) is 18.2 Å². The molecule has 0 unspecified atom stereocenters. The molecule has 0 saturated heterocycles. The highest BCUT2D eigenvalue weighted by molar-refractivity contribution is 5.75. The monoisotopic (exact) mass is 307 g/mol. The normalized spacial score (nSPS) is 10.7. The molecule has 7 heteroatoms. The number of carbonyl (C=O) groups is 1. The summed E-state index contributed by atoms with van der Waals surface area (Å²) >= 11 is 0. The van der Waals surface area contributed by atoms with Gasteiger partial charge in [-0.3, -0.25) is 9.48 Å². The topological polar surface area (TPSA) is 46.9 Å². The average Bonchev–Trinajstić information content (AvgIpc) is 2.96. The number of alkyl halides is 3. The van der Waals surface area contributed by atoms with E-state index < -0.39 is 11.7 Å². The van der Waals surface area contributed by atoms with E-state index in [9.17, 15) is 18.0 Å². The molecule has 0 spiro atoms. The lowest BCUT2D eigenvalue weighted by molar-refractivity contribution is -0.137. The second kappa shape index (κ2) is 6.80. The third-order valence-corrected chi connectivity index (χ3v) is 2.69. The van der Waals surface area contributed by atoms with Crippen LogP contribution in [0.1, 0.15) is 11.1 Å². The zero-order valence-corrected chi connectivity index (χ0v) is 11.4. The van der Waals surface area contributed by atoms with E-state index in [0.29, 0.717) is 0 Å². The number of amides is 1. The average molecular weight is 307 g/mol. The standard InChI is InChI=1S/C15H12F3N3O/c16-15(17,18)13-7-2-1-5-12(13)6-3-8-19-14(22)11-21-10-4-9-20-21/h1-2,4-5,7,9-10H,8,11H2,(H,19,22). The number of carbonyl (C=O) groups excluding carboxylic acids is 1. The Labute approximate surface area is 124 Å². The van der Waals surface area contributed by atoms with Crippen LogP contribution in [0, 0.1) is 11.8 Å². The Morgan fingerprint density at radius 2 is 2.05 bits per heavy atom. The first-order chi connectivity index (χ1) is 10.5. The fourth-order valence-electron chi connectivity index (χ4n) is 1.72. The third kappa shape index (κ3) is 4.38. The van der Waals surface area contributed by atoms with E-state index in [1.54, 1.807) is 18.5 Å². The number of halogens is 3. The van der Waals surface area contributed by atoms with Crippen molar-refractivity contribution in [2.24, 2.45) is 0 Å². The summed E-state index contributed by atoms with van der Waals surface area (Å²) in [5.74, 6) is 4.62. The lowest BCUT2D eigenvalue weighted by Crippen LogP contribution is -2.28. The predicted molar refractivity (Wildman–Crippen MR) is 73.6 cm³/mol. The van der Waals surface area contributed by atoms with Crippen molar-refractivity contribution in [1.29, 1.82) is 0 Å². The first kappa shape index (κ1) is 15.6. The Kier molecular flexibility index (Phi) is 4.84. The minimum atomic E-state index is -4.45. The maximum atomic E-state index is 12.8. The Morgan fingerprint density at radius 1 is 1.27 bits per heavy atom. The van der Waals surface area contributed by atoms with E-state index in [0.717, 1.165) is 6.07 Å². The van der Waals surface area contributed by atoms with E-state index in [4.69, 9.17) is 0 Å². The van der Waals surface area contributed by atoms with E-state index in [1.165, 1.54) is 22.9 Å². The van der Waals surface area contributed by atoms with Crippen molar-refractivity contribution in [2.75, 3.05) is 6.54 Å². The SMILES string of the molecule is O=C(Cn1cccn1)NCC#Cc1ccccc1C(F)(F)F. The molecule has 0 aliphatic heterocycles. The van der Waals surface area contributed by atoms with Crippen LogP contribution in [0.25, 0.3) is 0 Å². The number of benzene rings is 1. The molecule has 1 amide bonds. The fourth-order valence-corrected chi connectivity index (χ4v) is 1.72. The number of rotatable bonds is 3. The molecule has 0 fully saturated rings. The van der Waals surface area contributed by atoms with E-state index >= 15 is 0 Å². The molecule has 0 radical (unpaired) electrons. The van der Waals surface area contributed by atoms with Crippen LogP contribution < -0.4 is 5.32 Å². The maximum Gasteiger partial charge on any atom is 0.417 e. The molecule has 1 N–H and O–H groups in total. The summed E-state index contributed by atoms with van der Waals surface area (Å²) in [4.78, 5) is 11.5. The van der Waals surface area contributed by atoms with Crippen molar-refractivity contribution in [2.45, 2.75) is 12.7 Å². The van der Waals surface area contributed by atoms with Gasteiger partial charge in [-0.25, -0.2) is 0 Å². The lowest BCUT2D eigenvalue weighted by Gasteiger charge is -2.08. The number of hydrogen-bond acceptors (Lipinski definition) is 2. The number of aromatic nitrogens is 2. The highest BCUT2D eigenvalue weighted by Crippen LogP contribution is 2.31. The van der Waals surface area contributed by atoms with Crippen LogP contribution >= 0.6 is 0 Å². The summed E-state index contributed by atoms with van der Waals surface area (Å²) in [6.45, 7) is 0.000111. The molecule has 4 nitrogen and oxygen atoms in total. The zero-order valence-electron chi connectivity index (χ0n) is 11.4. The predicted octanol–water partition coefficient (Wildman–Crippen LogP) is 2.07. The van der Waals surface area contributed by atoms with Crippen molar-refractivity contribution in [3.05, 3.63) is 53.9 Å². The smallest absolute Gasteiger partial charge is 0.344 e. The van der Waals surface area contributed by atoms with Gasteiger partial charge in [0.1, 0.15) is 6.54 Å². The molecule has 1 heterocycles. The fraction of sp³-hybridized carbons (Fsp3) is 0.200. The van der Waals surface area contributed by atoms with Crippen molar-refractivity contribution < 1.29 is 18.0 Å². The van der Waals surface area contributed by atoms with Crippen LogP contribution in [0.2, 0.25) is 0 Å². The van der Waals surface area contributed by atoms with Gasteiger partial charge in [0.15, 0.2) is 0 Å². The molecule has 2 rings (SSSR count). The molecule has 0 aliphatic rings. The van der Waals surface area contributed by atoms with Crippen LogP contribution in [0.5, 0.6) is 0 Å². The van der Waals surface area contributed by atoms with E-state index in [1.807, 2.05) is 0 Å².